The molecule has 14 heavy (non-hydrogen) atoms. The summed E-state index contributed by atoms with van der Waals surface area (Å²) >= 11 is 0. The van der Waals surface area contributed by atoms with Crippen molar-refractivity contribution in [3.63, 3.8) is 0 Å². The predicted molar refractivity (Wildman–Crippen MR) is 52.1 cm³/mol. The van der Waals surface area contributed by atoms with Crippen LogP contribution in [0.15, 0.2) is 5.16 Å². The van der Waals surface area contributed by atoms with Crippen LogP contribution < -0.4 is 11.1 Å². The molecule has 0 saturated heterocycles. The second-order valence-electron chi connectivity index (χ2n) is 3.05. The fourth-order valence-corrected chi connectivity index (χ4v) is 0.708. The van der Waals surface area contributed by atoms with E-state index in [1.807, 2.05) is 0 Å². The van der Waals surface area contributed by atoms with Crippen molar-refractivity contribution in [2.24, 2.45) is 16.8 Å². The number of nitrogens with two attached hydrogens (primary N) is 1. The number of carbonyl (C=O) groups excluding carboxylic acids is 1. The number of nitrogens with one attached hydrogen (secondary N) is 1. The summed E-state index contributed by atoms with van der Waals surface area (Å²) in [6.45, 7) is 3.71. The largest absolute Gasteiger partial charge is 0.409 e. The van der Waals surface area contributed by atoms with Gasteiger partial charge in [0.05, 0.1) is 0 Å². The zero-order valence-electron chi connectivity index (χ0n) is 8.65. The molecule has 0 aliphatic rings. The fourth-order valence-electron chi connectivity index (χ4n) is 0.708. The van der Waals surface area contributed by atoms with Crippen molar-refractivity contribution in [2.45, 2.75) is 20.0 Å². The van der Waals surface area contributed by atoms with Gasteiger partial charge in [0.25, 0.3) is 0 Å². The van der Waals surface area contributed by atoms with Crippen molar-refractivity contribution in [1.29, 1.82) is 0 Å². The molecule has 0 aliphatic carbocycles. The maximum absolute atomic E-state index is 11.2. The van der Waals surface area contributed by atoms with Crippen LogP contribution in [-0.4, -0.2) is 36.7 Å². The third kappa shape index (κ3) is 4.08. The molecule has 0 rings (SSSR count). The molecule has 4 N–H and O–H groups in total. The number of nitrogens with zero attached hydrogens (tertiary/aromatic N) is 1. The Morgan fingerprint density at radius 2 is 2.21 bits per heavy atom. The van der Waals surface area contributed by atoms with Gasteiger partial charge in [0.15, 0.2) is 0 Å². The summed E-state index contributed by atoms with van der Waals surface area (Å²) in [7, 11) is 1.46. The molecule has 0 heterocycles. The van der Waals surface area contributed by atoms with Crippen molar-refractivity contribution in [2.75, 3.05) is 13.7 Å². The Labute approximate surface area is 83.1 Å². The van der Waals surface area contributed by atoms with Gasteiger partial charge < -0.3 is 21.0 Å². The van der Waals surface area contributed by atoms with E-state index in [0.717, 1.165) is 0 Å². The van der Waals surface area contributed by atoms with Crippen molar-refractivity contribution in [1.82, 2.24) is 5.32 Å². The summed E-state index contributed by atoms with van der Waals surface area (Å²) in [6.07, 6.45) is -0.491. The van der Waals surface area contributed by atoms with Gasteiger partial charge in [0.2, 0.25) is 5.91 Å². The summed E-state index contributed by atoms with van der Waals surface area (Å²) in [5, 5.41) is 13.8. The number of amides is 1. The molecule has 0 fully saturated rings. The highest BCUT2D eigenvalue weighted by Crippen LogP contribution is 1.93. The maximum Gasteiger partial charge on any atom is 0.248 e. The van der Waals surface area contributed by atoms with E-state index in [9.17, 15) is 4.79 Å². The monoisotopic (exact) mass is 203 g/mol. The maximum atomic E-state index is 11.2. The molecule has 0 aromatic heterocycles. The van der Waals surface area contributed by atoms with Crippen LogP contribution in [-0.2, 0) is 9.53 Å². The van der Waals surface area contributed by atoms with E-state index in [1.54, 1.807) is 13.8 Å². The van der Waals surface area contributed by atoms with E-state index in [-0.39, 0.29) is 17.7 Å². The van der Waals surface area contributed by atoms with Gasteiger partial charge in [0.1, 0.15) is 11.9 Å². The van der Waals surface area contributed by atoms with E-state index < -0.39 is 6.10 Å². The number of oxime groups is 1. The zero-order valence-corrected chi connectivity index (χ0v) is 8.65. The second-order valence-corrected chi connectivity index (χ2v) is 3.05. The lowest BCUT2D eigenvalue weighted by atomic mass is 10.1. The van der Waals surface area contributed by atoms with Crippen molar-refractivity contribution < 1.29 is 14.7 Å². The van der Waals surface area contributed by atoms with Gasteiger partial charge >= 0.3 is 0 Å². The van der Waals surface area contributed by atoms with Crippen LogP contribution in [0.4, 0.5) is 0 Å². The third-order valence-electron chi connectivity index (χ3n) is 1.93. The Hall–Kier alpha value is -1.30. The van der Waals surface area contributed by atoms with Crippen LogP contribution in [0.1, 0.15) is 13.8 Å². The molecule has 0 bridgehead atoms. The summed E-state index contributed by atoms with van der Waals surface area (Å²) < 4.78 is 4.81. The molecule has 6 heteroatoms. The highest BCUT2D eigenvalue weighted by molar-refractivity contribution is 5.84. The van der Waals surface area contributed by atoms with Gasteiger partial charge in [-0.15, -0.1) is 0 Å². The number of hydrogen-bond acceptors (Lipinski definition) is 4. The van der Waals surface area contributed by atoms with Crippen LogP contribution >= 0.6 is 0 Å². The molecule has 0 aromatic rings. The normalized spacial score (nSPS) is 16.1. The standard InChI is InChI=1S/C8H17N3O3/c1-5(7(9)11-13)4-10-8(12)6(2)14-3/h5-6,13H,4H2,1-3H3,(H2,9,11)(H,10,12). The van der Waals surface area contributed by atoms with Crippen molar-refractivity contribution in [3.05, 3.63) is 0 Å². The van der Waals surface area contributed by atoms with E-state index in [2.05, 4.69) is 10.5 Å². The molecule has 0 aliphatic heterocycles. The minimum atomic E-state index is -0.491. The quantitative estimate of drug-likeness (QED) is 0.243. The predicted octanol–water partition coefficient (Wildman–Crippen LogP) is -0.480. The minimum Gasteiger partial charge on any atom is -0.409 e. The number of amidine groups is 1. The molecule has 1 amide bonds. The lowest BCUT2D eigenvalue weighted by Crippen LogP contribution is -2.39. The van der Waals surface area contributed by atoms with Crippen molar-refractivity contribution >= 4 is 11.7 Å². The third-order valence-corrected chi connectivity index (χ3v) is 1.93. The lowest BCUT2D eigenvalue weighted by molar-refractivity contribution is -0.130. The molecule has 82 valence electrons. The van der Waals surface area contributed by atoms with Crippen LogP contribution in [0.3, 0.4) is 0 Å². The van der Waals surface area contributed by atoms with Gasteiger partial charge in [-0.05, 0) is 6.92 Å². The van der Waals surface area contributed by atoms with Crippen molar-refractivity contribution in [3.8, 4) is 0 Å². The Balaban J connectivity index is 3.89. The molecule has 6 nitrogen and oxygen atoms in total. The number of carbonyl (C=O) groups is 1. The van der Waals surface area contributed by atoms with Crippen LogP contribution in [0.2, 0.25) is 0 Å². The number of hydrogen-bond donors (Lipinski definition) is 3. The molecule has 0 spiro atoms. The Kier molecular flexibility index (Phi) is 5.62. The first kappa shape index (κ1) is 12.7. The Morgan fingerprint density at radius 3 is 2.64 bits per heavy atom. The summed E-state index contributed by atoms with van der Waals surface area (Å²) in [6, 6.07) is 0. The number of methoxy groups -OCH3 is 1. The van der Waals surface area contributed by atoms with E-state index >= 15 is 0 Å². The van der Waals surface area contributed by atoms with E-state index in [1.165, 1.54) is 7.11 Å². The highest BCUT2D eigenvalue weighted by atomic mass is 16.5. The average molecular weight is 203 g/mol. The van der Waals surface area contributed by atoms with Gasteiger partial charge in [0, 0.05) is 19.6 Å². The minimum absolute atomic E-state index is 0.0929. The second kappa shape index (κ2) is 6.20. The number of rotatable bonds is 5. The number of ether oxygens (including phenoxy) is 1. The molecule has 2 atom stereocenters. The van der Waals surface area contributed by atoms with Crippen LogP contribution in [0, 0.1) is 5.92 Å². The molecule has 2 unspecified atom stereocenters. The van der Waals surface area contributed by atoms with Crippen LogP contribution in [0.5, 0.6) is 0 Å². The summed E-state index contributed by atoms with van der Waals surface area (Å²) in [5.74, 6) is -0.325. The van der Waals surface area contributed by atoms with E-state index in [4.69, 9.17) is 15.7 Å². The average Bonchev–Trinajstić information content (AvgIpc) is 2.22. The molecular formula is C8H17N3O3. The van der Waals surface area contributed by atoms with Gasteiger partial charge in [-0.25, -0.2) is 0 Å². The first-order valence-corrected chi connectivity index (χ1v) is 4.30. The Morgan fingerprint density at radius 1 is 1.64 bits per heavy atom. The fraction of sp³-hybridized carbons (Fsp3) is 0.750. The zero-order chi connectivity index (χ0) is 11.1. The Bertz CT molecular complexity index is 218. The molecular weight excluding hydrogens is 186 g/mol. The lowest BCUT2D eigenvalue weighted by Gasteiger charge is -2.13. The summed E-state index contributed by atoms with van der Waals surface area (Å²) in [4.78, 5) is 11.2. The molecule has 0 aromatic carbocycles. The molecule has 0 radical (unpaired) electrons. The smallest absolute Gasteiger partial charge is 0.248 e. The van der Waals surface area contributed by atoms with Gasteiger partial charge in [-0.3, -0.25) is 4.79 Å². The highest BCUT2D eigenvalue weighted by Gasteiger charge is 2.13. The first-order valence-electron chi connectivity index (χ1n) is 4.30. The first-order chi connectivity index (χ1) is 6.52. The molecule has 0 saturated carbocycles. The van der Waals surface area contributed by atoms with Gasteiger partial charge in [-0.1, -0.05) is 12.1 Å². The van der Waals surface area contributed by atoms with Crippen LogP contribution in [0.25, 0.3) is 0 Å². The van der Waals surface area contributed by atoms with E-state index in [0.29, 0.717) is 6.54 Å². The topological polar surface area (TPSA) is 96.9 Å². The van der Waals surface area contributed by atoms with Gasteiger partial charge in [-0.2, -0.15) is 0 Å². The SMILES string of the molecule is COC(C)C(=O)NCC(C)C(N)=NO. The summed E-state index contributed by atoms with van der Waals surface area (Å²) in [5.41, 5.74) is 5.33.